The summed E-state index contributed by atoms with van der Waals surface area (Å²) in [6.45, 7) is 0.218. The Labute approximate surface area is 166 Å². The van der Waals surface area contributed by atoms with Gasteiger partial charge in [0.15, 0.2) is 0 Å². The quantitative estimate of drug-likeness (QED) is 0.698. The van der Waals surface area contributed by atoms with Crippen molar-refractivity contribution in [3.05, 3.63) is 59.7 Å². The number of methoxy groups -OCH3 is 1. The molecule has 0 saturated heterocycles. The van der Waals surface area contributed by atoms with Crippen LogP contribution < -0.4 is 15.4 Å². The molecule has 0 heterocycles. The summed E-state index contributed by atoms with van der Waals surface area (Å²) < 4.78 is 47.6. The van der Waals surface area contributed by atoms with Crippen molar-refractivity contribution in [1.29, 1.82) is 0 Å². The summed E-state index contributed by atoms with van der Waals surface area (Å²) >= 11 is 0. The van der Waals surface area contributed by atoms with Gasteiger partial charge in [-0.25, -0.2) is 0 Å². The third-order valence-corrected chi connectivity index (χ3v) is 3.88. The summed E-state index contributed by atoms with van der Waals surface area (Å²) in [7, 11) is 1.54. The second-order valence-corrected chi connectivity index (χ2v) is 6.14. The molecule has 2 amide bonds. The van der Waals surface area contributed by atoms with Crippen LogP contribution in [0.25, 0.3) is 0 Å². The van der Waals surface area contributed by atoms with Crippen molar-refractivity contribution in [2.75, 3.05) is 19.0 Å². The Kier molecular flexibility index (Phi) is 7.60. The molecule has 0 bridgehead atoms. The van der Waals surface area contributed by atoms with Crippen LogP contribution in [-0.2, 0) is 16.1 Å². The standard InChI is InChI=1S/C20H21F3N2O4/c1-13(29-11-14-6-5-7-15(10-14)28-2)18(26)25-17-9-4-3-8-16(17)19(27)24-12-20(21,22)23/h3-10,13H,11-12H2,1-2H3,(H,24,27)(H,25,26). The minimum absolute atomic E-state index is 0.0786. The van der Waals surface area contributed by atoms with Crippen LogP contribution in [0.5, 0.6) is 5.75 Å². The number of nitrogens with one attached hydrogen (secondary N) is 2. The normalized spacial score (nSPS) is 12.2. The number of para-hydroxylation sites is 1. The summed E-state index contributed by atoms with van der Waals surface area (Å²) in [5.74, 6) is -0.825. The Morgan fingerprint density at radius 1 is 1.10 bits per heavy atom. The third kappa shape index (κ3) is 7.11. The smallest absolute Gasteiger partial charge is 0.405 e. The maximum atomic E-state index is 12.4. The number of rotatable bonds is 8. The summed E-state index contributed by atoms with van der Waals surface area (Å²) in [5.41, 5.74) is 0.815. The van der Waals surface area contributed by atoms with Crippen molar-refractivity contribution in [1.82, 2.24) is 5.32 Å². The maximum absolute atomic E-state index is 12.4. The van der Waals surface area contributed by atoms with E-state index in [1.54, 1.807) is 36.7 Å². The lowest BCUT2D eigenvalue weighted by Gasteiger charge is -2.16. The number of carbonyl (C=O) groups excluding carboxylic acids is 2. The fourth-order valence-corrected chi connectivity index (χ4v) is 2.36. The molecule has 0 aromatic heterocycles. The van der Waals surface area contributed by atoms with Gasteiger partial charge in [-0.1, -0.05) is 24.3 Å². The van der Waals surface area contributed by atoms with Gasteiger partial charge in [-0.05, 0) is 36.8 Å². The fourth-order valence-electron chi connectivity index (χ4n) is 2.36. The molecule has 29 heavy (non-hydrogen) atoms. The van der Waals surface area contributed by atoms with E-state index >= 15 is 0 Å². The Hall–Kier alpha value is -3.07. The number of ether oxygens (including phenoxy) is 2. The highest BCUT2D eigenvalue weighted by molar-refractivity contribution is 6.04. The number of benzene rings is 2. The zero-order valence-electron chi connectivity index (χ0n) is 15.9. The average molecular weight is 410 g/mol. The zero-order valence-corrected chi connectivity index (χ0v) is 15.9. The Bertz CT molecular complexity index is 856. The molecule has 1 unspecified atom stereocenters. The van der Waals surface area contributed by atoms with E-state index in [9.17, 15) is 22.8 Å². The number of hydrogen-bond acceptors (Lipinski definition) is 4. The van der Waals surface area contributed by atoms with E-state index in [4.69, 9.17) is 9.47 Å². The van der Waals surface area contributed by atoms with Gasteiger partial charge in [0.05, 0.1) is 25.0 Å². The highest BCUT2D eigenvalue weighted by Gasteiger charge is 2.28. The van der Waals surface area contributed by atoms with Gasteiger partial charge in [-0.2, -0.15) is 13.2 Å². The zero-order chi connectivity index (χ0) is 21.4. The first-order chi connectivity index (χ1) is 13.7. The molecule has 0 radical (unpaired) electrons. The molecule has 2 N–H and O–H groups in total. The van der Waals surface area contributed by atoms with E-state index in [1.165, 1.54) is 25.1 Å². The van der Waals surface area contributed by atoms with Gasteiger partial charge in [-0.3, -0.25) is 9.59 Å². The van der Waals surface area contributed by atoms with E-state index in [1.807, 2.05) is 6.07 Å². The van der Waals surface area contributed by atoms with Gasteiger partial charge >= 0.3 is 6.18 Å². The van der Waals surface area contributed by atoms with E-state index < -0.39 is 30.6 Å². The molecule has 2 aromatic rings. The lowest BCUT2D eigenvalue weighted by molar-refractivity contribution is -0.127. The van der Waals surface area contributed by atoms with Crippen LogP contribution >= 0.6 is 0 Å². The van der Waals surface area contributed by atoms with Gasteiger partial charge < -0.3 is 20.1 Å². The van der Waals surface area contributed by atoms with E-state index in [0.29, 0.717) is 5.75 Å². The van der Waals surface area contributed by atoms with E-state index in [-0.39, 0.29) is 17.9 Å². The van der Waals surface area contributed by atoms with Crippen molar-refractivity contribution in [3.8, 4) is 5.75 Å². The third-order valence-electron chi connectivity index (χ3n) is 3.88. The van der Waals surface area contributed by atoms with Gasteiger partial charge in [0.2, 0.25) is 0 Å². The molecular formula is C20H21F3N2O4. The van der Waals surface area contributed by atoms with Crippen LogP contribution in [0.1, 0.15) is 22.8 Å². The molecule has 0 saturated carbocycles. The minimum Gasteiger partial charge on any atom is -0.497 e. The molecule has 2 aromatic carbocycles. The number of hydrogen-bond donors (Lipinski definition) is 2. The SMILES string of the molecule is COc1cccc(COC(C)C(=O)Nc2ccccc2C(=O)NCC(F)(F)F)c1. The van der Waals surface area contributed by atoms with Crippen LogP contribution in [0.15, 0.2) is 48.5 Å². The first kappa shape index (κ1) is 22.2. The van der Waals surface area contributed by atoms with Crippen molar-refractivity contribution < 1.29 is 32.2 Å². The Morgan fingerprint density at radius 2 is 1.83 bits per heavy atom. The molecule has 9 heteroatoms. The predicted octanol–water partition coefficient (Wildman–Crippen LogP) is 3.53. The van der Waals surface area contributed by atoms with Gasteiger partial charge in [0.25, 0.3) is 11.8 Å². The molecule has 0 aliphatic carbocycles. The van der Waals surface area contributed by atoms with Gasteiger partial charge in [-0.15, -0.1) is 0 Å². The molecule has 0 spiro atoms. The van der Waals surface area contributed by atoms with E-state index in [0.717, 1.165) is 5.56 Å². The van der Waals surface area contributed by atoms with Crippen LogP contribution in [0.3, 0.4) is 0 Å². The number of amides is 2. The lowest BCUT2D eigenvalue weighted by Crippen LogP contribution is -2.34. The fraction of sp³-hybridized carbons (Fsp3) is 0.300. The second kappa shape index (κ2) is 9.92. The van der Waals surface area contributed by atoms with Crippen molar-refractivity contribution in [2.45, 2.75) is 25.8 Å². The molecule has 0 aliphatic rings. The van der Waals surface area contributed by atoms with E-state index in [2.05, 4.69) is 5.32 Å². The average Bonchev–Trinajstić information content (AvgIpc) is 2.70. The number of carbonyl (C=O) groups is 2. The first-order valence-electron chi connectivity index (χ1n) is 8.69. The maximum Gasteiger partial charge on any atom is 0.405 e. The van der Waals surface area contributed by atoms with Crippen LogP contribution in [0, 0.1) is 0 Å². The van der Waals surface area contributed by atoms with Gasteiger partial charge in [0, 0.05) is 0 Å². The number of anilines is 1. The van der Waals surface area contributed by atoms with Crippen LogP contribution in [0.4, 0.5) is 18.9 Å². The number of alkyl halides is 3. The summed E-state index contributed by atoms with van der Waals surface area (Å²) in [4.78, 5) is 24.4. The van der Waals surface area contributed by atoms with Crippen molar-refractivity contribution in [2.24, 2.45) is 0 Å². The molecular weight excluding hydrogens is 389 g/mol. The highest BCUT2D eigenvalue weighted by atomic mass is 19.4. The molecule has 6 nitrogen and oxygen atoms in total. The van der Waals surface area contributed by atoms with Gasteiger partial charge in [0.1, 0.15) is 18.4 Å². The first-order valence-corrected chi connectivity index (χ1v) is 8.69. The summed E-state index contributed by atoms with van der Waals surface area (Å²) in [5, 5.41) is 4.30. The van der Waals surface area contributed by atoms with Crippen molar-refractivity contribution in [3.63, 3.8) is 0 Å². The summed E-state index contributed by atoms with van der Waals surface area (Å²) in [6.07, 6.45) is -5.40. The molecule has 1 atom stereocenters. The number of halogens is 3. The largest absolute Gasteiger partial charge is 0.497 e. The monoisotopic (exact) mass is 410 g/mol. The minimum atomic E-state index is -4.53. The summed E-state index contributed by atoms with van der Waals surface area (Å²) in [6, 6.07) is 12.9. The lowest BCUT2D eigenvalue weighted by atomic mass is 10.1. The molecule has 156 valence electrons. The van der Waals surface area contributed by atoms with Crippen LogP contribution in [0.2, 0.25) is 0 Å². The Morgan fingerprint density at radius 3 is 2.52 bits per heavy atom. The topological polar surface area (TPSA) is 76.7 Å². The van der Waals surface area contributed by atoms with Crippen LogP contribution in [-0.4, -0.2) is 37.7 Å². The predicted molar refractivity (Wildman–Crippen MR) is 101 cm³/mol. The Balaban J connectivity index is 1.98. The second-order valence-electron chi connectivity index (χ2n) is 6.14. The highest BCUT2D eigenvalue weighted by Crippen LogP contribution is 2.18. The molecule has 0 fully saturated rings. The molecule has 2 rings (SSSR count). The van der Waals surface area contributed by atoms with Crippen molar-refractivity contribution >= 4 is 17.5 Å². The molecule has 0 aliphatic heterocycles.